The van der Waals surface area contributed by atoms with E-state index in [1.165, 1.54) is 21.3 Å². The Morgan fingerprint density at radius 2 is 2.00 bits per heavy atom. The smallest absolute Gasteiger partial charge is 0.0210 e. The van der Waals surface area contributed by atoms with Gasteiger partial charge in [-0.3, -0.25) is 0 Å². The molecular formula is C15H16BrNS. The first-order valence-electron chi connectivity index (χ1n) is 6.35. The molecule has 3 rings (SSSR count). The summed E-state index contributed by atoms with van der Waals surface area (Å²) in [6.07, 6.45) is 1.23. The standard InChI is InChI=1S/C15H16BrNS/c16-14-5-2-1-4-11(14)13-10-17-8-7-12(13)15-6-3-9-18-15/h1-6,9,12-13,17H,7-8,10H2. The summed E-state index contributed by atoms with van der Waals surface area (Å²) in [6.45, 7) is 2.20. The molecule has 94 valence electrons. The minimum atomic E-state index is 0.577. The van der Waals surface area contributed by atoms with Crippen LogP contribution in [0.5, 0.6) is 0 Å². The number of nitrogens with one attached hydrogen (secondary N) is 1. The molecule has 3 heteroatoms. The number of hydrogen-bond donors (Lipinski definition) is 1. The molecule has 0 spiro atoms. The lowest BCUT2D eigenvalue weighted by molar-refractivity contribution is 0.407. The third-order valence-electron chi connectivity index (χ3n) is 3.70. The molecule has 1 aliphatic rings. The van der Waals surface area contributed by atoms with Crippen molar-refractivity contribution in [3.63, 3.8) is 0 Å². The zero-order valence-corrected chi connectivity index (χ0v) is 12.5. The van der Waals surface area contributed by atoms with E-state index in [-0.39, 0.29) is 0 Å². The summed E-state index contributed by atoms with van der Waals surface area (Å²) in [6, 6.07) is 13.1. The van der Waals surface area contributed by atoms with Crippen molar-refractivity contribution in [1.82, 2.24) is 5.32 Å². The zero-order valence-electron chi connectivity index (χ0n) is 10.1. The minimum absolute atomic E-state index is 0.577. The van der Waals surface area contributed by atoms with Crippen LogP contribution in [0.15, 0.2) is 46.3 Å². The van der Waals surface area contributed by atoms with Crippen LogP contribution in [-0.4, -0.2) is 13.1 Å². The lowest BCUT2D eigenvalue weighted by Gasteiger charge is -2.32. The third kappa shape index (κ3) is 2.40. The van der Waals surface area contributed by atoms with Gasteiger partial charge in [0.05, 0.1) is 0 Å². The fourth-order valence-electron chi connectivity index (χ4n) is 2.80. The molecule has 1 aromatic heterocycles. The Kier molecular flexibility index (Phi) is 3.83. The Labute approximate surface area is 120 Å². The predicted octanol–water partition coefficient (Wildman–Crippen LogP) is 4.37. The largest absolute Gasteiger partial charge is 0.316 e. The molecule has 1 aliphatic heterocycles. The van der Waals surface area contributed by atoms with Gasteiger partial charge in [0.2, 0.25) is 0 Å². The lowest BCUT2D eigenvalue weighted by Crippen LogP contribution is -2.33. The van der Waals surface area contributed by atoms with Crippen LogP contribution in [0.3, 0.4) is 0 Å². The highest BCUT2D eigenvalue weighted by Gasteiger charge is 2.29. The Balaban J connectivity index is 1.95. The molecule has 0 amide bonds. The molecule has 2 aromatic rings. The van der Waals surface area contributed by atoms with Gasteiger partial charge in [-0.2, -0.15) is 0 Å². The molecule has 1 aromatic carbocycles. The highest BCUT2D eigenvalue weighted by atomic mass is 79.9. The van der Waals surface area contributed by atoms with Gasteiger partial charge in [0, 0.05) is 27.7 Å². The molecule has 18 heavy (non-hydrogen) atoms. The fraction of sp³-hybridized carbons (Fsp3) is 0.333. The first kappa shape index (κ1) is 12.4. The zero-order chi connectivity index (χ0) is 12.4. The van der Waals surface area contributed by atoms with Gasteiger partial charge in [0.25, 0.3) is 0 Å². The van der Waals surface area contributed by atoms with E-state index in [1.54, 1.807) is 0 Å². The van der Waals surface area contributed by atoms with Crippen molar-refractivity contribution < 1.29 is 0 Å². The first-order chi connectivity index (χ1) is 8.86. The maximum absolute atomic E-state index is 3.70. The quantitative estimate of drug-likeness (QED) is 0.866. The highest BCUT2D eigenvalue weighted by Crippen LogP contribution is 2.41. The van der Waals surface area contributed by atoms with Crippen molar-refractivity contribution in [3.05, 3.63) is 56.7 Å². The van der Waals surface area contributed by atoms with Crippen molar-refractivity contribution in [2.24, 2.45) is 0 Å². The van der Waals surface area contributed by atoms with Gasteiger partial charge in [-0.15, -0.1) is 11.3 Å². The van der Waals surface area contributed by atoms with Crippen LogP contribution in [-0.2, 0) is 0 Å². The molecule has 0 bridgehead atoms. The lowest BCUT2D eigenvalue weighted by atomic mass is 9.80. The van der Waals surface area contributed by atoms with E-state index < -0.39 is 0 Å². The van der Waals surface area contributed by atoms with Gasteiger partial charge in [-0.1, -0.05) is 40.2 Å². The molecule has 1 saturated heterocycles. The van der Waals surface area contributed by atoms with E-state index in [4.69, 9.17) is 0 Å². The van der Waals surface area contributed by atoms with E-state index in [9.17, 15) is 0 Å². The monoisotopic (exact) mass is 321 g/mol. The van der Waals surface area contributed by atoms with Gasteiger partial charge in [0.1, 0.15) is 0 Å². The maximum atomic E-state index is 3.70. The van der Waals surface area contributed by atoms with E-state index in [1.807, 2.05) is 11.3 Å². The highest BCUT2D eigenvalue weighted by molar-refractivity contribution is 9.10. The van der Waals surface area contributed by atoms with E-state index >= 15 is 0 Å². The van der Waals surface area contributed by atoms with Gasteiger partial charge >= 0.3 is 0 Å². The van der Waals surface area contributed by atoms with Crippen LogP contribution >= 0.6 is 27.3 Å². The maximum Gasteiger partial charge on any atom is 0.0210 e. The molecule has 0 aliphatic carbocycles. The second-order valence-corrected chi connectivity index (χ2v) is 6.58. The van der Waals surface area contributed by atoms with Crippen molar-refractivity contribution in [2.75, 3.05) is 13.1 Å². The molecule has 2 atom stereocenters. The average Bonchev–Trinajstić information content (AvgIpc) is 2.93. The molecular weight excluding hydrogens is 306 g/mol. The second kappa shape index (κ2) is 5.55. The first-order valence-corrected chi connectivity index (χ1v) is 8.02. The Bertz CT molecular complexity index is 509. The van der Waals surface area contributed by atoms with Crippen LogP contribution in [0.1, 0.15) is 28.7 Å². The fourth-order valence-corrected chi connectivity index (χ4v) is 4.31. The van der Waals surface area contributed by atoms with Crippen molar-refractivity contribution >= 4 is 27.3 Å². The van der Waals surface area contributed by atoms with Crippen LogP contribution in [0.25, 0.3) is 0 Å². The number of hydrogen-bond acceptors (Lipinski definition) is 2. The molecule has 2 heterocycles. The minimum Gasteiger partial charge on any atom is -0.316 e. The summed E-state index contributed by atoms with van der Waals surface area (Å²) < 4.78 is 1.24. The SMILES string of the molecule is Brc1ccccc1C1CNCCC1c1cccs1. The van der Waals surface area contributed by atoms with Crippen LogP contribution in [0.4, 0.5) is 0 Å². The summed E-state index contributed by atoms with van der Waals surface area (Å²) in [5.41, 5.74) is 1.43. The Morgan fingerprint density at radius 1 is 1.11 bits per heavy atom. The topological polar surface area (TPSA) is 12.0 Å². The second-order valence-electron chi connectivity index (χ2n) is 4.74. The van der Waals surface area contributed by atoms with Crippen molar-refractivity contribution in [2.45, 2.75) is 18.3 Å². The molecule has 0 radical (unpaired) electrons. The van der Waals surface area contributed by atoms with Crippen molar-refractivity contribution in [3.8, 4) is 0 Å². The Hall–Kier alpha value is -0.640. The van der Waals surface area contributed by atoms with Crippen LogP contribution < -0.4 is 5.32 Å². The number of benzene rings is 1. The normalized spacial score (nSPS) is 24.1. The molecule has 1 N–H and O–H groups in total. The number of halogens is 1. The van der Waals surface area contributed by atoms with Gasteiger partial charge in [0.15, 0.2) is 0 Å². The number of thiophene rings is 1. The molecule has 2 unspecified atom stereocenters. The number of piperidine rings is 1. The van der Waals surface area contributed by atoms with Crippen LogP contribution in [0, 0.1) is 0 Å². The Morgan fingerprint density at radius 3 is 2.78 bits per heavy atom. The summed E-state index contributed by atoms with van der Waals surface area (Å²) >= 11 is 5.59. The van der Waals surface area contributed by atoms with Gasteiger partial charge in [-0.25, -0.2) is 0 Å². The summed E-state index contributed by atoms with van der Waals surface area (Å²) in [5.74, 6) is 1.23. The third-order valence-corrected chi connectivity index (χ3v) is 5.42. The van der Waals surface area contributed by atoms with Crippen molar-refractivity contribution in [1.29, 1.82) is 0 Å². The number of rotatable bonds is 2. The summed E-state index contributed by atoms with van der Waals surface area (Å²) in [5, 5.41) is 5.73. The van der Waals surface area contributed by atoms with E-state index in [0.717, 1.165) is 13.1 Å². The van der Waals surface area contributed by atoms with E-state index in [0.29, 0.717) is 11.8 Å². The van der Waals surface area contributed by atoms with Crippen LogP contribution in [0.2, 0.25) is 0 Å². The predicted molar refractivity (Wildman–Crippen MR) is 81.4 cm³/mol. The summed E-state index contributed by atoms with van der Waals surface area (Å²) in [4.78, 5) is 1.53. The average molecular weight is 322 g/mol. The molecule has 1 nitrogen and oxygen atoms in total. The van der Waals surface area contributed by atoms with Gasteiger partial charge < -0.3 is 5.32 Å². The summed E-state index contributed by atoms with van der Waals surface area (Å²) in [7, 11) is 0. The molecule has 0 saturated carbocycles. The van der Waals surface area contributed by atoms with Gasteiger partial charge in [-0.05, 0) is 36.0 Å². The molecule has 1 fully saturated rings. The van der Waals surface area contributed by atoms with E-state index in [2.05, 4.69) is 63.0 Å².